The number of hydrogen-bond donors (Lipinski definition) is 1. The molecule has 0 aliphatic heterocycles. The molecule has 1 rings (SSSR count). The Labute approximate surface area is 89.9 Å². The third kappa shape index (κ3) is 3.54. The first-order valence-electron chi connectivity index (χ1n) is 4.64. The number of aryl methyl sites for hydroxylation is 2. The Morgan fingerprint density at radius 1 is 1.53 bits per heavy atom. The second-order valence-electron chi connectivity index (χ2n) is 3.47. The molecule has 82 valence electrons. The summed E-state index contributed by atoms with van der Waals surface area (Å²) in [5, 5.41) is 0. The summed E-state index contributed by atoms with van der Waals surface area (Å²) < 4.78 is 16.6. The van der Waals surface area contributed by atoms with Crippen molar-refractivity contribution in [3.8, 4) is 5.75 Å². The molecule has 3 nitrogen and oxygen atoms in total. The summed E-state index contributed by atoms with van der Waals surface area (Å²) >= 11 is 0. The van der Waals surface area contributed by atoms with E-state index in [0.29, 0.717) is 5.75 Å². The lowest BCUT2D eigenvalue weighted by Gasteiger charge is -2.13. The zero-order chi connectivity index (χ0) is 11.5. The van der Waals surface area contributed by atoms with Crippen molar-refractivity contribution in [2.24, 2.45) is 0 Å². The first-order valence-corrected chi connectivity index (χ1v) is 6.40. The first-order chi connectivity index (χ1) is 6.94. The van der Waals surface area contributed by atoms with Crippen molar-refractivity contribution in [3.63, 3.8) is 0 Å². The second-order valence-corrected chi connectivity index (χ2v) is 5.29. The Bertz CT molecular complexity index is 412. The second kappa shape index (κ2) is 4.65. The van der Waals surface area contributed by atoms with E-state index in [2.05, 4.69) is 6.58 Å². The number of allylic oxidation sites excluding steroid dienone is 1. The molecule has 1 N–H and O–H groups in total. The Morgan fingerprint density at radius 2 is 2.20 bits per heavy atom. The molecule has 0 bridgehead atoms. The van der Waals surface area contributed by atoms with Crippen LogP contribution in [0, 0.1) is 13.8 Å². The molecule has 1 aromatic rings. The van der Waals surface area contributed by atoms with Gasteiger partial charge in [-0.25, -0.2) is 4.57 Å². The van der Waals surface area contributed by atoms with Gasteiger partial charge < -0.3 is 9.42 Å². The highest BCUT2D eigenvalue weighted by Gasteiger charge is 2.19. The molecule has 0 spiro atoms. The molecule has 0 heterocycles. The van der Waals surface area contributed by atoms with Gasteiger partial charge in [0.2, 0.25) is 0 Å². The average molecular weight is 226 g/mol. The Balaban J connectivity index is 2.90. The SMILES string of the molecule is C=CCP(=O)(O)Oc1ccc(C)cc1C. The van der Waals surface area contributed by atoms with Crippen molar-refractivity contribution in [2.75, 3.05) is 6.16 Å². The molecule has 0 saturated carbocycles. The van der Waals surface area contributed by atoms with Gasteiger partial charge >= 0.3 is 7.60 Å². The molecule has 0 fully saturated rings. The molecule has 0 radical (unpaired) electrons. The van der Waals surface area contributed by atoms with E-state index in [0.717, 1.165) is 11.1 Å². The number of rotatable bonds is 4. The Morgan fingerprint density at radius 3 is 2.73 bits per heavy atom. The van der Waals surface area contributed by atoms with E-state index in [1.807, 2.05) is 26.0 Å². The first kappa shape index (κ1) is 12.0. The predicted molar refractivity (Wildman–Crippen MR) is 61.4 cm³/mol. The molecule has 0 saturated heterocycles. The Hall–Kier alpha value is -1.05. The van der Waals surface area contributed by atoms with Crippen LogP contribution in [0.4, 0.5) is 0 Å². The smallest absolute Gasteiger partial charge is 0.380 e. The maximum atomic E-state index is 11.5. The molecular weight excluding hydrogens is 211 g/mol. The number of benzene rings is 1. The Kier molecular flexibility index (Phi) is 3.72. The highest BCUT2D eigenvalue weighted by Crippen LogP contribution is 2.43. The van der Waals surface area contributed by atoms with Crippen LogP contribution in [0.25, 0.3) is 0 Å². The number of hydrogen-bond acceptors (Lipinski definition) is 2. The minimum absolute atomic E-state index is 0.0414. The quantitative estimate of drug-likeness (QED) is 0.634. The lowest BCUT2D eigenvalue weighted by Crippen LogP contribution is -1.96. The van der Waals surface area contributed by atoms with Gasteiger partial charge in [-0.15, -0.1) is 6.58 Å². The fraction of sp³-hybridized carbons (Fsp3) is 0.273. The fourth-order valence-electron chi connectivity index (χ4n) is 1.26. The van der Waals surface area contributed by atoms with E-state index >= 15 is 0 Å². The van der Waals surface area contributed by atoms with E-state index < -0.39 is 7.60 Å². The summed E-state index contributed by atoms with van der Waals surface area (Å²) in [7, 11) is -3.57. The van der Waals surface area contributed by atoms with E-state index in [1.54, 1.807) is 6.07 Å². The van der Waals surface area contributed by atoms with E-state index in [-0.39, 0.29) is 6.16 Å². The van der Waals surface area contributed by atoms with Crippen LogP contribution in [-0.4, -0.2) is 11.1 Å². The molecule has 1 atom stereocenters. The lowest BCUT2D eigenvalue weighted by molar-refractivity contribution is 0.382. The van der Waals surface area contributed by atoms with E-state index in [4.69, 9.17) is 4.52 Å². The maximum Gasteiger partial charge on any atom is 0.380 e. The topological polar surface area (TPSA) is 46.5 Å². The van der Waals surface area contributed by atoms with Crippen LogP contribution in [0.15, 0.2) is 30.9 Å². The van der Waals surface area contributed by atoms with Gasteiger partial charge in [0.1, 0.15) is 5.75 Å². The van der Waals surface area contributed by atoms with Crippen LogP contribution in [0.5, 0.6) is 5.75 Å². The third-order valence-corrected chi connectivity index (χ3v) is 3.13. The van der Waals surface area contributed by atoms with Crippen molar-refractivity contribution in [1.29, 1.82) is 0 Å². The molecule has 1 aromatic carbocycles. The van der Waals surface area contributed by atoms with Crippen LogP contribution in [-0.2, 0) is 4.57 Å². The van der Waals surface area contributed by atoms with Crippen molar-refractivity contribution in [1.82, 2.24) is 0 Å². The predicted octanol–water partition coefficient (Wildman–Crippen LogP) is 3.05. The largest absolute Gasteiger partial charge is 0.424 e. The fourth-order valence-corrected chi connectivity index (χ4v) is 2.17. The van der Waals surface area contributed by atoms with E-state index in [9.17, 15) is 9.46 Å². The van der Waals surface area contributed by atoms with Crippen molar-refractivity contribution in [2.45, 2.75) is 13.8 Å². The normalized spacial score (nSPS) is 14.3. The van der Waals surface area contributed by atoms with Gasteiger partial charge in [-0.05, 0) is 25.5 Å². The zero-order valence-corrected chi connectivity index (χ0v) is 9.83. The third-order valence-electron chi connectivity index (χ3n) is 1.93. The molecule has 0 aromatic heterocycles. The summed E-state index contributed by atoms with van der Waals surface area (Å²) in [6.45, 7) is 7.21. The molecular formula is C11H15O3P. The van der Waals surface area contributed by atoms with Gasteiger partial charge in [-0.2, -0.15) is 0 Å². The van der Waals surface area contributed by atoms with Gasteiger partial charge in [0.25, 0.3) is 0 Å². The summed E-state index contributed by atoms with van der Waals surface area (Å²) in [6.07, 6.45) is 1.34. The molecule has 0 amide bonds. The van der Waals surface area contributed by atoms with Crippen molar-refractivity contribution in [3.05, 3.63) is 42.0 Å². The van der Waals surface area contributed by atoms with Gasteiger partial charge in [0, 0.05) is 0 Å². The van der Waals surface area contributed by atoms with Crippen LogP contribution >= 0.6 is 7.60 Å². The summed E-state index contributed by atoms with van der Waals surface area (Å²) in [6, 6.07) is 5.45. The van der Waals surface area contributed by atoms with E-state index in [1.165, 1.54) is 6.08 Å². The molecule has 0 aliphatic carbocycles. The van der Waals surface area contributed by atoms with Gasteiger partial charge in [0.05, 0.1) is 6.16 Å². The van der Waals surface area contributed by atoms with Crippen LogP contribution < -0.4 is 4.52 Å². The lowest BCUT2D eigenvalue weighted by atomic mass is 10.1. The van der Waals surface area contributed by atoms with Crippen LogP contribution in [0.1, 0.15) is 11.1 Å². The van der Waals surface area contributed by atoms with Crippen molar-refractivity contribution < 1.29 is 14.0 Å². The minimum Gasteiger partial charge on any atom is -0.424 e. The highest BCUT2D eigenvalue weighted by molar-refractivity contribution is 7.53. The maximum absolute atomic E-state index is 11.5. The standard InChI is InChI=1S/C11H15O3P/c1-4-7-15(12,13)14-11-6-5-9(2)8-10(11)3/h4-6,8H,1,7H2,2-3H3,(H,12,13). The van der Waals surface area contributed by atoms with Crippen molar-refractivity contribution >= 4 is 7.60 Å². The minimum atomic E-state index is -3.57. The van der Waals surface area contributed by atoms with Gasteiger partial charge in [-0.3, -0.25) is 0 Å². The molecule has 0 aliphatic rings. The molecule has 15 heavy (non-hydrogen) atoms. The summed E-state index contributed by atoms with van der Waals surface area (Å²) in [5.74, 6) is 0.452. The average Bonchev–Trinajstić information content (AvgIpc) is 2.09. The van der Waals surface area contributed by atoms with Gasteiger partial charge in [0.15, 0.2) is 0 Å². The molecule has 4 heteroatoms. The van der Waals surface area contributed by atoms with Crippen LogP contribution in [0.2, 0.25) is 0 Å². The molecule has 1 unspecified atom stereocenters. The van der Waals surface area contributed by atoms with Gasteiger partial charge in [-0.1, -0.05) is 23.8 Å². The zero-order valence-electron chi connectivity index (χ0n) is 8.93. The summed E-state index contributed by atoms with van der Waals surface area (Å²) in [4.78, 5) is 9.42. The summed E-state index contributed by atoms with van der Waals surface area (Å²) in [5.41, 5.74) is 1.95. The monoisotopic (exact) mass is 226 g/mol. The highest BCUT2D eigenvalue weighted by atomic mass is 31.2. The van der Waals surface area contributed by atoms with Crippen LogP contribution in [0.3, 0.4) is 0 Å².